The van der Waals surface area contributed by atoms with Crippen LogP contribution >= 0.6 is 0 Å². The first-order chi connectivity index (χ1) is 16.8. The van der Waals surface area contributed by atoms with Crippen LogP contribution in [0.2, 0.25) is 0 Å². The molecule has 0 spiro atoms. The van der Waals surface area contributed by atoms with E-state index in [4.69, 9.17) is 14.5 Å². The molecule has 1 N–H and O–H groups in total. The first-order valence-electron chi connectivity index (χ1n) is 12.9. The highest BCUT2D eigenvalue weighted by Gasteiger charge is 2.33. The van der Waals surface area contributed by atoms with Crippen molar-refractivity contribution in [3.05, 3.63) is 59.4 Å². The zero-order valence-corrected chi connectivity index (χ0v) is 21.3. The Kier molecular flexibility index (Phi) is 8.29. The molecule has 1 atom stereocenters. The van der Waals surface area contributed by atoms with Gasteiger partial charge in [0.15, 0.2) is 0 Å². The van der Waals surface area contributed by atoms with E-state index in [1.165, 1.54) is 5.56 Å². The van der Waals surface area contributed by atoms with E-state index in [-0.39, 0.29) is 24.8 Å². The third-order valence-corrected chi connectivity index (χ3v) is 6.69. The van der Waals surface area contributed by atoms with Gasteiger partial charge in [0, 0.05) is 69.9 Å². The summed E-state index contributed by atoms with van der Waals surface area (Å²) in [7, 11) is 0. The van der Waals surface area contributed by atoms with Gasteiger partial charge < -0.3 is 19.5 Å². The number of carbonyl (C=O) groups excluding carboxylic acids is 1. The topological polar surface area (TPSA) is 75.1 Å². The maximum atomic E-state index is 12.4. The van der Waals surface area contributed by atoms with Gasteiger partial charge in [0.1, 0.15) is 17.5 Å². The fraction of sp³-hybridized carbons (Fsp3) is 0.571. The molecular weight excluding hydrogens is 442 g/mol. The summed E-state index contributed by atoms with van der Waals surface area (Å²) in [5.41, 5.74) is 3.06. The lowest BCUT2D eigenvalue weighted by Crippen LogP contribution is -2.44. The number of aromatic nitrogens is 1. The molecule has 1 aromatic carbocycles. The van der Waals surface area contributed by atoms with E-state index in [1.54, 1.807) is 4.90 Å². The first kappa shape index (κ1) is 25.5. The van der Waals surface area contributed by atoms with E-state index in [0.717, 1.165) is 62.2 Å². The molecule has 1 aromatic heterocycles. The van der Waals surface area contributed by atoms with Gasteiger partial charge >= 0.3 is 6.09 Å². The maximum absolute atomic E-state index is 12.4. The predicted octanol–water partition coefficient (Wildman–Crippen LogP) is 4.73. The second kappa shape index (κ2) is 11.4. The Morgan fingerprint density at radius 1 is 1.11 bits per heavy atom. The van der Waals surface area contributed by atoms with Gasteiger partial charge in [-0.2, -0.15) is 0 Å². The number of benzene rings is 1. The van der Waals surface area contributed by atoms with Gasteiger partial charge in [0.05, 0.1) is 5.69 Å². The van der Waals surface area contributed by atoms with Crippen molar-refractivity contribution in [1.29, 1.82) is 0 Å². The number of nitrogens with zero attached hydrogens (tertiary/aromatic N) is 3. The second-order valence-corrected chi connectivity index (χ2v) is 10.5. The van der Waals surface area contributed by atoms with E-state index >= 15 is 0 Å². The number of hydrogen-bond acceptors (Lipinski definition) is 6. The predicted molar refractivity (Wildman–Crippen MR) is 135 cm³/mol. The molecule has 2 aliphatic rings. The molecule has 0 radical (unpaired) electrons. The molecule has 0 aliphatic carbocycles. The Morgan fingerprint density at radius 2 is 1.86 bits per heavy atom. The van der Waals surface area contributed by atoms with Crippen LogP contribution in [0.4, 0.5) is 4.79 Å². The summed E-state index contributed by atoms with van der Waals surface area (Å²) in [4.78, 5) is 21.4. The van der Waals surface area contributed by atoms with Crippen molar-refractivity contribution in [3.63, 3.8) is 0 Å². The van der Waals surface area contributed by atoms with Crippen LogP contribution in [0.25, 0.3) is 0 Å². The van der Waals surface area contributed by atoms with E-state index in [9.17, 15) is 9.90 Å². The molecule has 1 fully saturated rings. The molecule has 3 heterocycles. The summed E-state index contributed by atoms with van der Waals surface area (Å²) in [6.45, 7) is 8.89. The van der Waals surface area contributed by atoms with Crippen LogP contribution in [0.15, 0.2) is 42.6 Å². The SMILES string of the molecule is CC(C)(C)OC(=O)N1CCC(Oc2ccnc3c2C(CCCO)N(Cc2ccccc2)CC3)CC1. The van der Waals surface area contributed by atoms with Crippen LogP contribution in [0.1, 0.15) is 69.3 Å². The number of likely N-dealkylation sites (tertiary alicyclic amines) is 1. The molecule has 4 rings (SSSR count). The highest BCUT2D eigenvalue weighted by molar-refractivity contribution is 5.68. The lowest BCUT2D eigenvalue weighted by atomic mass is 9.91. The number of ether oxygens (including phenoxy) is 2. The molecule has 2 aliphatic heterocycles. The number of aliphatic hydroxyl groups is 1. The van der Waals surface area contributed by atoms with Crippen LogP contribution in [0.5, 0.6) is 5.75 Å². The average molecular weight is 482 g/mol. The summed E-state index contributed by atoms with van der Waals surface area (Å²) >= 11 is 0. The van der Waals surface area contributed by atoms with Crippen molar-refractivity contribution in [2.45, 2.75) is 77.2 Å². The molecule has 1 amide bonds. The first-order valence-corrected chi connectivity index (χ1v) is 12.9. The molecule has 0 saturated carbocycles. The van der Waals surface area contributed by atoms with E-state index in [2.05, 4.69) is 29.2 Å². The number of rotatable bonds is 7. The fourth-order valence-corrected chi connectivity index (χ4v) is 5.02. The summed E-state index contributed by atoms with van der Waals surface area (Å²) in [6.07, 6.45) is 5.65. The van der Waals surface area contributed by atoms with Crippen molar-refractivity contribution in [2.24, 2.45) is 0 Å². The molecule has 1 unspecified atom stereocenters. The highest BCUT2D eigenvalue weighted by Crippen LogP contribution is 2.40. The summed E-state index contributed by atoms with van der Waals surface area (Å²) in [6, 6.07) is 12.7. The van der Waals surface area contributed by atoms with Crippen molar-refractivity contribution in [3.8, 4) is 5.75 Å². The quantitative estimate of drug-likeness (QED) is 0.616. The minimum Gasteiger partial charge on any atom is -0.490 e. The number of fused-ring (bicyclic) bond motifs is 1. The monoisotopic (exact) mass is 481 g/mol. The lowest BCUT2D eigenvalue weighted by molar-refractivity contribution is 0.0123. The summed E-state index contributed by atoms with van der Waals surface area (Å²) in [5.74, 6) is 0.895. The van der Waals surface area contributed by atoms with Crippen LogP contribution in [-0.4, -0.2) is 63.9 Å². The summed E-state index contributed by atoms with van der Waals surface area (Å²) in [5, 5.41) is 9.58. The van der Waals surface area contributed by atoms with Gasteiger partial charge in [-0.15, -0.1) is 0 Å². The fourth-order valence-electron chi connectivity index (χ4n) is 5.02. The molecule has 190 valence electrons. The normalized spacial score (nSPS) is 19.3. The molecule has 1 saturated heterocycles. The van der Waals surface area contributed by atoms with Gasteiger partial charge in [0.2, 0.25) is 0 Å². The standard InChI is InChI=1S/C28H39N3O4/c1-28(2,3)35-27(33)30-16-12-22(13-17-30)34-25-11-15-29-23-14-18-31(20-21-8-5-4-6-9-21)24(26(23)25)10-7-19-32/h4-6,8-9,11,15,22,24,32H,7,10,12-14,16-20H2,1-3H3. The highest BCUT2D eigenvalue weighted by atomic mass is 16.6. The minimum atomic E-state index is -0.490. The van der Waals surface area contributed by atoms with Crippen molar-refractivity contribution in [2.75, 3.05) is 26.2 Å². The summed E-state index contributed by atoms with van der Waals surface area (Å²) < 4.78 is 12.1. The Bertz CT molecular complexity index is 968. The number of aliphatic hydroxyl groups excluding tert-OH is 1. The van der Waals surface area contributed by atoms with Crippen LogP contribution in [0.3, 0.4) is 0 Å². The van der Waals surface area contributed by atoms with Gasteiger partial charge in [-0.25, -0.2) is 4.79 Å². The third-order valence-electron chi connectivity index (χ3n) is 6.69. The third kappa shape index (κ3) is 6.73. The van der Waals surface area contributed by atoms with E-state index in [0.29, 0.717) is 13.1 Å². The van der Waals surface area contributed by atoms with Crippen LogP contribution < -0.4 is 4.74 Å². The molecule has 35 heavy (non-hydrogen) atoms. The van der Waals surface area contributed by atoms with Gasteiger partial charge in [-0.1, -0.05) is 30.3 Å². The Hall–Kier alpha value is -2.64. The van der Waals surface area contributed by atoms with Gasteiger partial charge in [-0.3, -0.25) is 9.88 Å². The molecule has 7 heteroatoms. The average Bonchev–Trinajstić information content (AvgIpc) is 2.83. The minimum absolute atomic E-state index is 0.0446. The number of pyridine rings is 1. The van der Waals surface area contributed by atoms with Gasteiger partial charge in [-0.05, 0) is 45.2 Å². The molecule has 0 bridgehead atoms. The van der Waals surface area contributed by atoms with Crippen LogP contribution in [-0.2, 0) is 17.7 Å². The molecular formula is C28H39N3O4. The van der Waals surface area contributed by atoms with Crippen LogP contribution in [0, 0.1) is 0 Å². The van der Waals surface area contributed by atoms with Gasteiger partial charge in [0.25, 0.3) is 0 Å². The molecule has 7 nitrogen and oxygen atoms in total. The number of hydrogen-bond donors (Lipinski definition) is 1. The number of piperidine rings is 1. The van der Waals surface area contributed by atoms with E-state index in [1.807, 2.05) is 39.1 Å². The Balaban J connectivity index is 1.47. The zero-order chi connectivity index (χ0) is 24.8. The second-order valence-electron chi connectivity index (χ2n) is 10.5. The van der Waals surface area contributed by atoms with Crippen molar-refractivity contribution >= 4 is 6.09 Å². The lowest BCUT2D eigenvalue weighted by Gasteiger charge is -2.39. The Morgan fingerprint density at radius 3 is 2.54 bits per heavy atom. The number of carbonyl (C=O) groups is 1. The Labute approximate surface area is 209 Å². The van der Waals surface area contributed by atoms with Crippen molar-refractivity contribution < 1.29 is 19.4 Å². The molecule has 2 aromatic rings. The zero-order valence-electron chi connectivity index (χ0n) is 21.3. The number of amides is 1. The smallest absolute Gasteiger partial charge is 0.410 e. The van der Waals surface area contributed by atoms with Crippen molar-refractivity contribution in [1.82, 2.24) is 14.8 Å². The van der Waals surface area contributed by atoms with E-state index < -0.39 is 5.60 Å². The maximum Gasteiger partial charge on any atom is 0.410 e. The largest absolute Gasteiger partial charge is 0.490 e.